The summed E-state index contributed by atoms with van der Waals surface area (Å²) in [6.07, 6.45) is 2.37. The van der Waals surface area contributed by atoms with Gasteiger partial charge >= 0.3 is 0 Å². The largest absolute Gasteiger partial charge is 0.385 e. The van der Waals surface area contributed by atoms with E-state index in [0.29, 0.717) is 25.5 Å². The van der Waals surface area contributed by atoms with Gasteiger partial charge in [0.25, 0.3) is 0 Å². The van der Waals surface area contributed by atoms with Crippen LogP contribution in [-0.2, 0) is 22.3 Å². The molecule has 1 N–H and O–H groups in total. The third-order valence-corrected chi connectivity index (χ3v) is 2.46. The topological polar surface area (TPSA) is 69.4 Å². The van der Waals surface area contributed by atoms with E-state index in [1.54, 1.807) is 14.2 Å². The lowest BCUT2D eigenvalue weighted by Crippen LogP contribution is -2.32. The maximum absolute atomic E-state index is 5.18. The fraction of sp³-hybridized carbons (Fsp3) is 0.818. The summed E-state index contributed by atoms with van der Waals surface area (Å²) < 4.78 is 15.2. The summed E-state index contributed by atoms with van der Waals surface area (Å²) in [5.41, 5.74) is 0. The summed E-state index contributed by atoms with van der Waals surface area (Å²) in [5, 5.41) is 7.07. The van der Waals surface area contributed by atoms with Crippen molar-refractivity contribution in [2.75, 3.05) is 34.5 Å². The molecule has 1 unspecified atom stereocenters. The minimum atomic E-state index is 0.201. The zero-order valence-corrected chi connectivity index (χ0v) is 10.7. The number of aromatic nitrogens is 2. The Hall–Kier alpha value is -0.980. The number of nitrogens with zero attached hydrogens (tertiary/aromatic N) is 2. The molecule has 98 valence electrons. The molecule has 1 rings (SSSR count). The van der Waals surface area contributed by atoms with Gasteiger partial charge in [0.2, 0.25) is 5.89 Å². The minimum absolute atomic E-state index is 0.201. The van der Waals surface area contributed by atoms with Crippen molar-refractivity contribution in [1.82, 2.24) is 15.5 Å². The van der Waals surface area contributed by atoms with Crippen molar-refractivity contribution in [3.05, 3.63) is 11.7 Å². The normalized spacial score (nSPS) is 12.9. The first-order chi connectivity index (χ1) is 8.30. The number of rotatable bonds is 9. The molecule has 0 saturated carbocycles. The zero-order chi connectivity index (χ0) is 12.5. The van der Waals surface area contributed by atoms with Gasteiger partial charge in [-0.25, -0.2) is 0 Å². The van der Waals surface area contributed by atoms with Crippen LogP contribution >= 0.6 is 0 Å². The van der Waals surface area contributed by atoms with Gasteiger partial charge in [0.15, 0.2) is 5.82 Å². The Morgan fingerprint density at radius 1 is 1.35 bits per heavy atom. The standard InChI is InChI=1S/C11H21N3O3/c1-12-9(8-16-3)7-11-13-10(14-17-11)5-4-6-15-2/h9,12H,4-8H2,1-3H3. The second-order valence-electron chi connectivity index (χ2n) is 3.85. The lowest BCUT2D eigenvalue weighted by Gasteiger charge is -2.11. The first-order valence-corrected chi connectivity index (χ1v) is 5.76. The smallest absolute Gasteiger partial charge is 0.228 e. The Bertz CT molecular complexity index is 304. The number of aryl methyl sites for hydroxylation is 1. The lowest BCUT2D eigenvalue weighted by atomic mass is 10.2. The van der Waals surface area contributed by atoms with Crippen LogP contribution in [0.1, 0.15) is 18.1 Å². The molecule has 0 bridgehead atoms. The monoisotopic (exact) mass is 243 g/mol. The maximum atomic E-state index is 5.18. The predicted octanol–water partition coefficient (Wildman–Crippen LogP) is 0.425. The Kier molecular flexibility index (Phi) is 6.76. The van der Waals surface area contributed by atoms with Gasteiger partial charge in [0.05, 0.1) is 6.61 Å². The Labute approximate surface area is 102 Å². The van der Waals surface area contributed by atoms with Gasteiger partial charge in [-0.2, -0.15) is 4.98 Å². The second kappa shape index (κ2) is 8.16. The van der Waals surface area contributed by atoms with Crippen molar-refractivity contribution in [3.63, 3.8) is 0 Å². The molecule has 6 nitrogen and oxygen atoms in total. The minimum Gasteiger partial charge on any atom is -0.385 e. The molecule has 0 aliphatic rings. The lowest BCUT2D eigenvalue weighted by molar-refractivity contribution is 0.165. The van der Waals surface area contributed by atoms with Gasteiger partial charge in [0.1, 0.15) is 0 Å². The molecule has 1 atom stereocenters. The molecule has 17 heavy (non-hydrogen) atoms. The quantitative estimate of drug-likeness (QED) is 0.634. The van der Waals surface area contributed by atoms with Gasteiger partial charge < -0.3 is 19.3 Å². The van der Waals surface area contributed by atoms with E-state index in [2.05, 4.69) is 15.5 Å². The van der Waals surface area contributed by atoms with Crippen molar-refractivity contribution in [2.45, 2.75) is 25.3 Å². The van der Waals surface area contributed by atoms with E-state index in [4.69, 9.17) is 14.0 Å². The Morgan fingerprint density at radius 3 is 2.82 bits per heavy atom. The van der Waals surface area contributed by atoms with Gasteiger partial charge in [-0.3, -0.25) is 0 Å². The van der Waals surface area contributed by atoms with E-state index in [1.807, 2.05) is 7.05 Å². The average molecular weight is 243 g/mol. The molecule has 6 heteroatoms. The van der Waals surface area contributed by atoms with Gasteiger partial charge in [-0.05, 0) is 13.5 Å². The highest BCUT2D eigenvalue weighted by atomic mass is 16.5. The van der Waals surface area contributed by atoms with Crippen molar-refractivity contribution in [2.24, 2.45) is 0 Å². The molecular formula is C11H21N3O3. The van der Waals surface area contributed by atoms with E-state index in [-0.39, 0.29) is 6.04 Å². The predicted molar refractivity (Wildman–Crippen MR) is 62.9 cm³/mol. The van der Waals surface area contributed by atoms with Crippen LogP contribution in [0.2, 0.25) is 0 Å². The van der Waals surface area contributed by atoms with Crippen LogP contribution < -0.4 is 5.32 Å². The summed E-state index contributed by atoms with van der Waals surface area (Å²) in [6.45, 7) is 1.34. The van der Waals surface area contributed by atoms with E-state index in [9.17, 15) is 0 Å². The number of likely N-dealkylation sites (N-methyl/N-ethyl adjacent to an activating group) is 1. The van der Waals surface area contributed by atoms with Crippen LogP contribution in [-0.4, -0.2) is 50.7 Å². The van der Waals surface area contributed by atoms with Gasteiger partial charge in [-0.1, -0.05) is 5.16 Å². The third-order valence-electron chi connectivity index (χ3n) is 2.46. The molecule has 0 fully saturated rings. The van der Waals surface area contributed by atoms with Gasteiger partial charge in [-0.15, -0.1) is 0 Å². The molecule has 1 aromatic rings. The summed E-state index contributed by atoms with van der Waals surface area (Å²) in [6, 6.07) is 0.201. The molecule has 1 aromatic heterocycles. The number of methoxy groups -OCH3 is 2. The first kappa shape index (κ1) is 14.1. The van der Waals surface area contributed by atoms with Crippen LogP contribution in [0.3, 0.4) is 0 Å². The molecule has 0 saturated heterocycles. The van der Waals surface area contributed by atoms with Crippen LogP contribution in [0.25, 0.3) is 0 Å². The highest BCUT2D eigenvalue weighted by molar-refractivity contribution is 4.89. The van der Waals surface area contributed by atoms with Crippen molar-refractivity contribution in [3.8, 4) is 0 Å². The molecule has 0 spiro atoms. The Morgan fingerprint density at radius 2 is 2.18 bits per heavy atom. The molecular weight excluding hydrogens is 222 g/mol. The van der Waals surface area contributed by atoms with E-state index >= 15 is 0 Å². The molecule has 0 aliphatic carbocycles. The van der Waals surface area contributed by atoms with Crippen LogP contribution in [0.5, 0.6) is 0 Å². The second-order valence-corrected chi connectivity index (χ2v) is 3.85. The average Bonchev–Trinajstić information content (AvgIpc) is 2.77. The summed E-state index contributed by atoms with van der Waals surface area (Å²) >= 11 is 0. The fourth-order valence-corrected chi connectivity index (χ4v) is 1.51. The molecule has 0 aliphatic heterocycles. The summed E-state index contributed by atoms with van der Waals surface area (Å²) in [5.74, 6) is 1.39. The third kappa shape index (κ3) is 5.25. The number of nitrogens with one attached hydrogen (secondary N) is 1. The first-order valence-electron chi connectivity index (χ1n) is 5.76. The SMILES string of the molecule is CNC(COC)Cc1nc(CCCOC)no1. The fourth-order valence-electron chi connectivity index (χ4n) is 1.51. The van der Waals surface area contributed by atoms with E-state index < -0.39 is 0 Å². The zero-order valence-electron chi connectivity index (χ0n) is 10.7. The Balaban J connectivity index is 2.38. The molecule has 0 amide bonds. The van der Waals surface area contributed by atoms with E-state index in [1.165, 1.54) is 0 Å². The highest BCUT2D eigenvalue weighted by Gasteiger charge is 2.12. The molecule has 0 radical (unpaired) electrons. The van der Waals surface area contributed by atoms with Gasteiger partial charge in [0, 0.05) is 39.7 Å². The summed E-state index contributed by atoms with van der Waals surface area (Å²) in [7, 11) is 5.25. The van der Waals surface area contributed by atoms with E-state index in [0.717, 1.165) is 18.7 Å². The number of hydrogen-bond donors (Lipinski definition) is 1. The van der Waals surface area contributed by atoms with Crippen molar-refractivity contribution >= 4 is 0 Å². The summed E-state index contributed by atoms with van der Waals surface area (Å²) in [4.78, 5) is 4.32. The van der Waals surface area contributed by atoms with Crippen molar-refractivity contribution in [1.29, 1.82) is 0 Å². The molecule has 0 aromatic carbocycles. The number of ether oxygens (including phenoxy) is 2. The molecule has 1 heterocycles. The van der Waals surface area contributed by atoms with Crippen LogP contribution in [0.4, 0.5) is 0 Å². The van der Waals surface area contributed by atoms with Crippen LogP contribution in [0.15, 0.2) is 4.52 Å². The maximum Gasteiger partial charge on any atom is 0.228 e. The number of hydrogen-bond acceptors (Lipinski definition) is 6. The highest BCUT2D eigenvalue weighted by Crippen LogP contribution is 2.04. The van der Waals surface area contributed by atoms with Crippen molar-refractivity contribution < 1.29 is 14.0 Å². The van der Waals surface area contributed by atoms with Crippen LogP contribution in [0, 0.1) is 0 Å².